The molecule has 1 saturated heterocycles. The van der Waals surface area contributed by atoms with E-state index in [9.17, 15) is 5.11 Å². The molecule has 2 fully saturated rings. The molecule has 3 atom stereocenters. The molecule has 25 heavy (non-hydrogen) atoms. The Bertz CT molecular complexity index is 514. The van der Waals surface area contributed by atoms with Gasteiger partial charge in [0.2, 0.25) is 0 Å². The van der Waals surface area contributed by atoms with Crippen LogP contribution in [0.25, 0.3) is 0 Å². The summed E-state index contributed by atoms with van der Waals surface area (Å²) in [7, 11) is 1.69. The molecule has 3 rings (SSSR count). The molecule has 0 aromatic heterocycles. The largest absolute Gasteiger partial charge is 0.497 e. The lowest BCUT2D eigenvalue weighted by atomic mass is 10.1. The van der Waals surface area contributed by atoms with Crippen molar-refractivity contribution in [2.45, 2.75) is 38.4 Å². The summed E-state index contributed by atoms with van der Waals surface area (Å²) in [5.74, 6) is 1.53. The van der Waals surface area contributed by atoms with E-state index >= 15 is 0 Å². The third-order valence-electron chi connectivity index (χ3n) is 5.56. The van der Waals surface area contributed by atoms with Crippen LogP contribution in [0.2, 0.25) is 0 Å². The number of β-amino-alcohol motifs (C(OH)–C–C–N with tert-alkyl or cyclic N) is 1. The average molecular weight is 348 g/mol. The number of nitrogens with zero attached hydrogens (tertiary/aromatic N) is 2. The Balaban J connectivity index is 1.38. The second-order valence-electron chi connectivity index (χ2n) is 7.42. The summed E-state index contributed by atoms with van der Waals surface area (Å²) in [6.45, 7) is 7.35. The number of piperazine rings is 1. The van der Waals surface area contributed by atoms with Crippen molar-refractivity contribution >= 4 is 5.69 Å². The molecule has 1 heterocycles. The maximum atomic E-state index is 10.3. The number of aliphatic hydroxyl groups excluding tert-OH is 1. The molecule has 0 bridgehead atoms. The van der Waals surface area contributed by atoms with Crippen molar-refractivity contribution in [2.75, 3.05) is 51.3 Å². The van der Waals surface area contributed by atoms with Gasteiger partial charge in [0.15, 0.2) is 0 Å². The Hall–Kier alpha value is -1.30. The van der Waals surface area contributed by atoms with Crippen LogP contribution in [0.4, 0.5) is 5.69 Å². The van der Waals surface area contributed by atoms with Crippen molar-refractivity contribution in [3.05, 3.63) is 24.3 Å². The number of benzene rings is 1. The molecule has 1 aliphatic carbocycles. The zero-order valence-electron chi connectivity index (χ0n) is 15.6. The molecule has 1 aromatic carbocycles. The summed E-state index contributed by atoms with van der Waals surface area (Å²) in [4.78, 5) is 4.73. The number of ether oxygens (including phenoxy) is 2. The fourth-order valence-electron chi connectivity index (χ4n) is 3.93. The van der Waals surface area contributed by atoms with Gasteiger partial charge in [0.25, 0.3) is 0 Å². The summed E-state index contributed by atoms with van der Waals surface area (Å²) >= 11 is 0. The van der Waals surface area contributed by atoms with Gasteiger partial charge in [0.05, 0.1) is 25.9 Å². The molecule has 1 N–H and O–H groups in total. The van der Waals surface area contributed by atoms with Gasteiger partial charge in [0, 0.05) is 38.4 Å². The number of rotatable bonds is 7. The first-order valence-corrected chi connectivity index (χ1v) is 9.56. The van der Waals surface area contributed by atoms with Gasteiger partial charge in [-0.25, -0.2) is 0 Å². The Morgan fingerprint density at radius 2 is 1.84 bits per heavy atom. The predicted octanol–water partition coefficient (Wildman–Crippen LogP) is 2.38. The summed E-state index contributed by atoms with van der Waals surface area (Å²) in [6.07, 6.45) is 3.62. The van der Waals surface area contributed by atoms with E-state index in [4.69, 9.17) is 9.47 Å². The van der Waals surface area contributed by atoms with Crippen molar-refractivity contribution in [2.24, 2.45) is 5.92 Å². The van der Waals surface area contributed by atoms with Gasteiger partial charge in [0.1, 0.15) is 5.75 Å². The topological polar surface area (TPSA) is 45.2 Å². The highest BCUT2D eigenvalue weighted by molar-refractivity contribution is 5.49. The van der Waals surface area contributed by atoms with E-state index in [0.717, 1.165) is 38.3 Å². The average Bonchev–Trinajstić information content (AvgIpc) is 3.06. The van der Waals surface area contributed by atoms with Crippen molar-refractivity contribution in [3.63, 3.8) is 0 Å². The molecule has 1 aliphatic heterocycles. The smallest absolute Gasteiger partial charge is 0.119 e. The van der Waals surface area contributed by atoms with E-state index in [-0.39, 0.29) is 6.10 Å². The number of hydrogen-bond donors (Lipinski definition) is 1. The van der Waals surface area contributed by atoms with Gasteiger partial charge < -0.3 is 19.5 Å². The molecular formula is C20H32N2O3. The first-order chi connectivity index (χ1) is 12.2. The molecular weight excluding hydrogens is 316 g/mol. The summed E-state index contributed by atoms with van der Waals surface area (Å²) in [6, 6.07) is 8.24. The van der Waals surface area contributed by atoms with Crippen LogP contribution in [0.5, 0.6) is 5.75 Å². The van der Waals surface area contributed by atoms with Crippen LogP contribution in [0, 0.1) is 5.92 Å². The monoisotopic (exact) mass is 348 g/mol. The van der Waals surface area contributed by atoms with Crippen LogP contribution < -0.4 is 9.64 Å². The van der Waals surface area contributed by atoms with E-state index in [1.165, 1.54) is 18.5 Å². The van der Waals surface area contributed by atoms with Crippen LogP contribution in [0.3, 0.4) is 0 Å². The van der Waals surface area contributed by atoms with Gasteiger partial charge in [-0.05, 0) is 43.0 Å². The van der Waals surface area contributed by atoms with E-state index < -0.39 is 0 Å². The normalized spacial score (nSPS) is 26.0. The highest BCUT2D eigenvalue weighted by atomic mass is 16.5. The first-order valence-electron chi connectivity index (χ1n) is 9.56. The van der Waals surface area contributed by atoms with Crippen LogP contribution in [0.1, 0.15) is 26.2 Å². The van der Waals surface area contributed by atoms with Gasteiger partial charge in [-0.1, -0.05) is 13.3 Å². The van der Waals surface area contributed by atoms with E-state index in [0.29, 0.717) is 25.2 Å². The fraction of sp³-hybridized carbons (Fsp3) is 0.700. The minimum absolute atomic E-state index is 0.349. The SMILES string of the molecule is COc1ccc(N2CCN(C[C@@H](O)CO[C@@H]3CCC[C@H]3C)CC2)cc1. The van der Waals surface area contributed by atoms with Crippen LogP contribution >= 0.6 is 0 Å². The maximum Gasteiger partial charge on any atom is 0.119 e. The van der Waals surface area contributed by atoms with Gasteiger partial charge in [-0.3, -0.25) is 4.90 Å². The Labute approximate surface area is 151 Å². The maximum absolute atomic E-state index is 10.3. The first kappa shape index (κ1) is 18.5. The Morgan fingerprint density at radius 3 is 2.44 bits per heavy atom. The molecule has 0 unspecified atom stereocenters. The van der Waals surface area contributed by atoms with Crippen LogP contribution in [0.15, 0.2) is 24.3 Å². The van der Waals surface area contributed by atoms with Crippen molar-refractivity contribution in [1.82, 2.24) is 4.90 Å². The number of anilines is 1. The second-order valence-corrected chi connectivity index (χ2v) is 7.42. The standard InChI is InChI=1S/C20H32N2O3/c1-16-4-3-5-20(16)25-15-18(23)14-21-10-12-22(13-11-21)17-6-8-19(24-2)9-7-17/h6-9,16,18,20,23H,3-5,10-15H2,1-2H3/t16-,18-,20-/m1/s1. The molecule has 5 heteroatoms. The van der Waals surface area contributed by atoms with E-state index in [1.54, 1.807) is 7.11 Å². The van der Waals surface area contributed by atoms with Gasteiger partial charge >= 0.3 is 0 Å². The quantitative estimate of drug-likeness (QED) is 0.820. The molecule has 1 aromatic rings. The van der Waals surface area contributed by atoms with E-state index in [1.807, 2.05) is 12.1 Å². The van der Waals surface area contributed by atoms with Gasteiger partial charge in [-0.2, -0.15) is 0 Å². The van der Waals surface area contributed by atoms with Gasteiger partial charge in [-0.15, -0.1) is 0 Å². The fourth-order valence-corrected chi connectivity index (χ4v) is 3.93. The summed E-state index contributed by atoms with van der Waals surface area (Å²) < 4.78 is 11.1. The number of methoxy groups -OCH3 is 1. The van der Waals surface area contributed by atoms with E-state index in [2.05, 4.69) is 28.9 Å². The lowest BCUT2D eigenvalue weighted by Gasteiger charge is -2.37. The minimum atomic E-state index is -0.389. The molecule has 0 radical (unpaired) electrons. The molecule has 0 spiro atoms. The molecule has 1 saturated carbocycles. The third kappa shape index (κ3) is 5.09. The summed E-state index contributed by atoms with van der Waals surface area (Å²) in [5.41, 5.74) is 1.24. The highest BCUT2D eigenvalue weighted by Crippen LogP contribution is 2.27. The van der Waals surface area contributed by atoms with Crippen LogP contribution in [-0.2, 0) is 4.74 Å². The second kappa shape index (κ2) is 8.88. The number of aliphatic hydroxyl groups is 1. The van der Waals surface area contributed by atoms with Crippen molar-refractivity contribution in [3.8, 4) is 5.75 Å². The lowest BCUT2D eigenvalue weighted by Crippen LogP contribution is -2.49. The molecule has 2 aliphatic rings. The molecule has 5 nitrogen and oxygen atoms in total. The van der Waals surface area contributed by atoms with Crippen LogP contribution in [-0.4, -0.2) is 68.7 Å². The zero-order valence-corrected chi connectivity index (χ0v) is 15.6. The van der Waals surface area contributed by atoms with Crippen molar-refractivity contribution < 1.29 is 14.6 Å². The summed E-state index contributed by atoms with van der Waals surface area (Å²) in [5, 5.41) is 10.3. The zero-order chi connectivity index (χ0) is 17.6. The number of hydrogen-bond acceptors (Lipinski definition) is 5. The third-order valence-corrected chi connectivity index (χ3v) is 5.56. The molecule has 0 amide bonds. The Kier molecular flexibility index (Phi) is 6.57. The lowest BCUT2D eigenvalue weighted by molar-refractivity contribution is -0.0321. The predicted molar refractivity (Wildman–Crippen MR) is 100 cm³/mol. The minimum Gasteiger partial charge on any atom is -0.497 e. The molecule has 140 valence electrons. The van der Waals surface area contributed by atoms with Crippen molar-refractivity contribution in [1.29, 1.82) is 0 Å². The highest BCUT2D eigenvalue weighted by Gasteiger charge is 2.25. The Morgan fingerprint density at radius 1 is 1.12 bits per heavy atom.